The molecule has 1 aliphatic heterocycles. The minimum atomic E-state index is 0.257. The van der Waals surface area contributed by atoms with Crippen LogP contribution in [0.25, 0.3) is 10.1 Å². The zero-order valence-corrected chi connectivity index (χ0v) is 15.2. The summed E-state index contributed by atoms with van der Waals surface area (Å²) in [5.41, 5.74) is 0.257. The minimum Gasteiger partial charge on any atom is -0.395 e. The Morgan fingerprint density at radius 3 is 2.46 bits per heavy atom. The molecule has 1 saturated carbocycles. The molecule has 2 heterocycles. The topological polar surface area (TPSA) is 26.7 Å². The Bertz CT molecular complexity index is 636. The largest absolute Gasteiger partial charge is 0.395 e. The molecule has 3 nitrogen and oxygen atoms in total. The molecule has 0 radical (unpaired) electrons. The van der Waals surface area contributed by atoms with E-state index in [2.05, 4.69) is 40.1 Å². The maximum Gasteiger partial charge on any atom is 0.0558 e. The van der Waals surface area contributed by atoms with Crippen molar-refractivity contribution in [3.63, 3.8) is 0 Å². The number of aliphatic hydroxyl groups excluding tert-OH is 1. The second kappa shape index (κ2) is 7.12. The summed E-state index contributed by atoms with van der Waals surface area (Å²) in [4.78, 5) is 6.75. The van der Waals surface area contributed by atoms with Gasteiger partial charge in [0.25, 0.3) is 0 Å². The van der Waals surface area contributed by atoms with E-state index in [4.69, 9.17) is 0 Å². The summed E-state index contributed by atoms with van der Waals surface area (Å²) in [5.74, 6) is 0. The predicted molar refractivity (Wildman–Crippen MR) is 102 cm³/mol. The number of rotatable bonds is 4. The zero-order valence-electron chi connectivity index (χ0n) is 14.4. The molecule has 0 atom stereocenters. The van der Waals surface area contributed by atoms with Gasteiger partial charge in [0.15, 0.2) is 0 Å². The maximum atomic E-state index is 9.19. The van der Waals surface area contributed by atoms with Crippen molar-refractivity contribution in [1.82, 2.24) is 9.80 Å². The number of hydrogen-bond donors (Lipinski definition) is 1. The highest BCUT2D eigenvalue weighted by atomic mass is 32.1. The van der Waals surface area contributed by atoms with Crippen LogP contribution >= 0.6 is 11.3 Å². The first-order chi connectivity index (χ1) is 11.8. The first kappa shape index (κ1) is 16.5. The number of thiophene rings is 1. The van der Waals surface area contributed by atoms with Crippen LogP contribution in [-0.2, 0) is 5.54 Å². The lowest BCUT2D eigenvalue weighted by atomic mass is 9.78. The second-order valence-corrected chi connectivity index (χ2v) is 8.38. The highest BCUT2D eigenvalue weighted by molar-refractivity contribution is 7.19. The molecular weight excluding hydrogens is 316 g/mol. The molecule has 1 N–H and O–H groups in total. The van der Waals surface area contributed by atoms with Crippen molar-refractivity contribution in [3.05, 3.63) is 35.2 Å². The number of nitrogens with zero attached hydrogens (tertiary/aromatic N) is 2. The Morgan fingerprint density at radius 2 is 1.75 bits per heavy atom. The molecule has 0 bridgehead atoms. The van der Waals surface area contributed by atoms with Crippen LogP contribution in [0.15, 0.2) is 30.3 Å². The fourth-order valence-corrected chi connectivity index (χ4v) is 5.94. The van der Waals surface area contributed by atoms with Gasteiger partial charge in [-0.3, -0.25) is 9.80 Å². The molecule has 0 amide bonds. The third-order valence-electron chi connectivity index (χ3n) is 5.96. The van der Waals surface area contributed by atoms with Gasteiger partial charge < -0.3 is 5.11 Å². The Balaban J connectivity index is 1.63. The number of β-amino-alcohol motifs (C(OH)–C–C–N with tert-alkyl or cyclic N) is 1. The summed E-state index contributed by atoms with van der Waals surface area (Å²) < 4.78 is 1.43. The fraction of sp³-hybridized carbons (Fsp3) is 0.600. The Hall–Kier alpha value is -0.940. The Morgan fingerprint density at radius 1 is 1.00 bits per heavy atom. The Kier molecular flexibility index (Phi) is 4.90. The summed E-state index contributed by atoms with van der Waals surface area (Å²) >= 11 is 2.01. The van der Waals surface area contributed by atoms with Crippen LogP contribution in [0.4, 0.5) is 0 Å². The van der Waals surface area contributed by atoms with Crippen molar-refractivity contribution in [2.75, 3.05) is 39.3 Å². The standard InChI is InChI=1S/C20H28N2OS/c23-15-14-21-10-12-22(13-11-21)20(8-4-1-5-9-20)19-16-17-6-2-3-7-18(17)24-19/h2-3,6-7,16,23H,1,4-5,8-15H2. The van der Waals surface area contributed by atoms with Crippen molar-refractivity contribution < 1.29 is 5.11 Å². The van der Waals surface area contributed by atoms with E-state index in [-0.39, 0.29) is 12.1 Å². The van der Waals surface area contributed by atoms with Crippen LogP contribution in [0.3, 0.4) is 0 Å². The third kappa shape index (κ3) is 3.01. The van der Waals surface area contributed by atoms with Gasteiger partial charge in [0.05, 0.1) is 12.1 Å². The zero-order chi connectivity index (χ0) is 16.4. The molecule has 1 aromatic carbocycles. The molecular formula is C20H28N2OS. The van der Waals surface area contributed by atoms with E-state index in [0.717, 1.165) is 32.7 Å². The van der Waals surface area contributed by atoms with Gasteiger partial charge in [-0.15, -0.1) is 11.3 Å². The smallest absolute Gasteiger partial charge is 0.0558 e. The predicted octanol–water partition coefficient (Wildman–Crippen LogP) is 3.67. The molecule has 4 heteroatoms. The first-order valence-corrected chi connectivity index (χ1v) is 10.2. The number of piperazine rings is 1. The van der Waals surface area contributed by atoms with Crippen LogP contribution in [0, 0.1) is 0 Å². The molecule has 4 rings (SSSR count). The van der Waals surface area contributed by atoms with Gasteiger partial charge in [-0.05, 0) is 30.4 Å². The van der Waals surface area contributed by atoms with Crippen molar-refractivity contribution in [2.24, 2.45) is 0 Å². The maximum absolute atomic E-state index is 9.19. The van der Waals surface area contributed by atoms with E-state index >= 15 is 0 Å². The molecule has 1 aliphatic carbocycles. The first-order valence-electron chi connectivity index (χ1n) is 9.39. The van der Waals surface area contributed by atoms with E-state index in [9.17, 15) is 5.11 Å². The van der Waals surface area contributed by atoms with E-state index in [0.29, 0.717) is 0 Å². The molecule has 2 fully saturated rings. The van der Waals surface area contributed by atoms with Crippen LogP contribution in [0.1, 0.15) is 37.0 Å². The molecule has 0 unspecified atom stereocenters. The highest BCUT2D eigenvalue weighted by Crippen LogP contribution is 2.46. The van der Waals surface area contributed by atoms with E-state index in [1.54, 1.807) is 4.88 Å². The lowest BCUT2D eigenvalue weighted by Gasteiger charge is -2.49. The van der Waals surface area contributed by atoms with Crippen molar-refractivity contribution in [2.45, 2.75) is 37.6 Å². The molecule has 1 aromatic heterocycles. The molecule has 2 aliphatic rings. The van der Waals surface area contributed by atoms with E-state index in [1.165, 1.54) is 42.2 Å². The minimum absolute atomic E-state index is 0.257. The average molecular weight is 345 g/mol. The van der Waals surface area contributed by atoms with Gasteiger partial charge in [-0.2, -0.15) is 0 Å². The van der Waals surface area contributed by atoms with Crippen LogP contribution in [-0.4, -0.2) is 54.2 Å². The molecule has 0 spiro atoms. The number of aliphatic hydroxyl groups is 1. The summed E-state index contributed by atoms with van der Waals surface area (Å²) in [5, 5.41) is 10.6. The van der Waals surface area contributed by atoms with Gasteiger partial charge in [0.1, 0.15) is 0 Å². The van der Waals surface area contributed by atoms with Crippen molar-refractivity contribution in [3.8, 4) is 0 Å². The molecule has 2 aromatic rings. The summed E-state index contributed by atoms with van der Waals surface area (Å²) in [6.45, 7) is 5.55. The Labute approximate surface area is 148 Å². The molecule has 130 valence electrons. The van der Waals surface area contributed by atoms with Gasteiger partial charge in [-0.25, -0.2) is 0 Å². The number of benzene rings is 1. The highest BCUT2D eigenvalue weighted by Gasteiger charge is 2.41. The van der Waals surface area contributed by atoms with Crippen LogP contribution in [0.5, 0.6) is 0 Å². The SMILES string of the molecule is OCCN1CCN(C2(c3cc4ccccc4s3)CCCCC2)CC1. The van der Waals surface area contributed by atoms with Gasteiger partial charge in [-0.1, -0.05) is 37.5 Å². The van der Waals surface area contributed by atoms with Gasteiger partial charge in [0, 0.05) is 42.3 Å². The number of fused-ring (bicyclic) bond motifs is 1. The third-order valence-corrected chi connectivity index (χ3v) is 7.27. The normalized spacial score (nSPS) is 22.9. The van der Waals surface area contributed by atoms with Crippen molar-refractivity contribution in [1.29, 1.82) is 0 Å². The van der Waals surface area contributed by atoms with E-state index in [1.807, 2.05) is 11.3 Å². The van der Waals surface area contributed by atoms with Gasteiger partial charge in [0.2, 0.25) is 0 Å². The monoisotopic (exact) mass is 344 g/mol. The second-order valence-electron chi connectivity index (χ2n) is 7.29. The molecule has 1 saturated heterocycles. The summed E-state index contributed by atoms with van der Waals surface area (Å²) in [6.07, 6.45) is 6.70. The van der Waals surface area contributed by atoms with Gasteiger partial charge >= 0.3 is 0 Å². The fourth-order valence-electron chi connectivity index (χ4n) is 4.61. The van der Waals surface area contributed by atoms with Crippen LogP contribution in [0.2, 0.25) is 0 Å². The average Bonchev–Trinajstić information content (AvgIpc) is 3.08. The summed E-state index contributed by atoms with van der Waals surface area (Å²) in [7, 11) is 0. The lowest BCUT2D eigenvalue weighted by molar-refractivity contribution is 0.00325. The van der Waals surface area contributed by atoms with E-state index < -0.39 is 0 Å². The number of hydrogen-bond acceptors (Lipinski definition) is 4. The summed E-state index contributed by atoms with van der Waals surface area (Å²) in [6, 6.07) is 11.3. The van der Waals surface area contributed by atoms with Crippen LogP contribution < -0.4 is 0 Å². The quantitative estimate of drug-likeness (QED) is 0.917. The lowest BCUT2D eigenvalue weighted by Crippen LogP contribution is -2.56. The molecule has 24 heavy (non-hydrogen) atoms. The van der Waals surface area contributed by atoms with Crippen molar-refractivity contribution >= 4 is 21.4 Å².